The van der Waals surface area contributed by atoms with E-state index in [1.807, 2.05) is 24.3 Å². The van der Waals surface area contributed by atoms with Gasteiger partial charge in [-0.1, -0.05) is 12.1 Å². The summed E-state index contributed by atoms with van der Waals surface area (Å²) in [7, 11) is 0. The number of nitrogens with zero attached hydrogens (tertiary/aromatic N) is 3. The van der Waals surface area contributed by atoms with E-state index in [1.54, 1.807) is 13.0 Å². The van der Waals surface area contributed by atoms with E-state index in [0.717, 1.165) is 42.0 Å². The molecule has 2 aromatic carbocycles. The standard InChI is InChI=1S/C24H25N3O4S/c1-15-21(29)16(13-27-8-6-26(7-9-27)10-11-28)12-17-22(30)18(14-31-23(15)17)24-25-19-4-2-3-5-20(19)32-24/h2-5,12,14,28-29H,6-11,13H2,1H3. The number of aromatic nitrogens is 1. The molecule has 2 N–H and O–H groups in total. The lowest BCUT2D eigenvalue weighted by Crippen LogP contribution is -2.46. The molecule has 0 bridgehead atoms. The number of thiazole rings is 1. The van der Waals surface area contributed by atoms with Crippen LogP contribution in [0.4, 0.5) is 0 Å². The van der Waals surface area contributed by atoms with Gasteiger partial charge in [0.25, 0.3) is 0 Å². The number of piperazine rings is 1. The highest BCUT2D eigenvalue weighted by Gasteiger charge is 2.21. The fourth-order valence-electron chi connectivity index (χ4n) is 4.30. The van der Waals surface area contributed by atoms with E-state index in [1.165, 1.54) is 17.6 Å². The second-order valence-electron chi connectivity index (χ2n) is 8.19. The van der Waals surface area contributed by atoms with Crippen LogP contribution in [0, 0.1) is 6.92 Å². The van der Waals surface area contributed by atoms with Gasteiger partial charge in [-0.15, -0.1) is 11.3 Å². The molecule has 5 rings (SSSR count). The van der Waals surface area contributed by atoms with Crippen LogP contribution >= 0.6 is 11.3 Å². The van der Waals surface area contributed by atoms with Crippen molar-refractivity contribution in [3.8, 4) is 16.3 Å². The van der Waals surface area contributed by atoms with Crippen LogP contribution < -0.4 is 5.43 Å². The fourth-order valence-corrected chi connectivity index (χ4v) is 5.27. The molecule has 0 atom stereocenters. The highest BCUT2D eigenvalue weighted by atomic mass is 32.1. The molecule has 1 aliphatic heterocycles. The van der Waals surface area contributed by atoms with Crippen molar-refractivity contribution in [2.45, 2.75) is 13.5 Å². The fraction of sp³-hybridized carbons (Fsp3) is 0.333. The third-order valence-electron chi connectivity index (χ3n) is 6.15. The molecule has 2 aromatic heterocycles. The van der Waals surface area contributed by atoms with E-state index >= 15 is 0 Å². The maximum atomic E-state index is 13.4. The summed E-state index contributed by atoms with van der Waals surface area (Å²) < 4.78 is 6.85. The molecule has 0 aliphatic carbocycles. The van der Waals surface area contributed by atoms with E-state index in [0.29, 0.717) is 40.2 Å². The van der Waals surface area contributed by atoms with Gasteiger partial charge in [-0.2, -0.15) is 0 Å². The number of rotatable bonds is 5. The minimum absolute atomic E-state index is 0.137. The van der Waals surface area contributed by atoms with Crippen molar-refractivity contribution < 1.29 is 14.6 Å². The van der Waals surface area contributed by atoms with Gasteiger partial charge < -0.3 is 14.6 Å². The number of para-hydroxylation sites is 1. The zero-order valence-corrected chi connectivity index (χ0v) is 18.7. The Kier molecular flexibility index (Phi) is 5.69. The molecule has 166 valence electrons. The molecule has 0 amide bonds. The zero-order valence-electron chi connectivity index (χ0n) is 17.9. The predicted molar refractivity (Wildman–Crippen MR) is 126 cm³/mol. The number of aromatic hydroxyl groups is 1. The van der Waals surface area contributed by atoms with Crippen LogP contribution in [-0.4, -0.2) is 64.3 Å². The molecule has 4 aromatic rings. The molecule has 0 radical (unpaired) electrons. The van der Waals surface area contributed by atoms with Gasteiger partial charge in [0.15, 0.2) is 0 Å². The summed E-state index contributed by atoms with van der Waals surface area (Å²) in [5.74, 6) is 0.172. The van der Waals surface area contributed by atoms with Gasteiger partial charge in [0.1, 0.15) is 22.6 Å². The first-order valence-corrected chi connectivity index (χ1v) is 11.6. The van der Waals surface area contributed by atoms with Crippen molar-refractivity contribution in [2.24, 2.45) is 0 Å². The summed E-state index contributed by atoms with van der Waals surface area (Å²) in [6, 6.07) is 9.56. The van der Waals surface area contributed by atoms with E-state index < -0.39 is 0 Å². The summed E-state index contributed by atoms with van der Waals surface area (Å²) in [6.07, 6.45) is 1.45. The average Bonchev–Trinajstić information content (AvgIpc) is 3.23. The van der Waals surface area contributed by atoms with Crippen molar-refractivity contribution >= 4 is 32.5 Å². The number of aliphatic hydroxyl groups is 1. The number of hydrogen-bond acceptors (Lipinski definition) is 8. The number of phenolic OH excluding ortho intramolecular Hbond substituents is 1. The Hall–Kier alpha value is -2.78. The van der Waals surface area contributed by atoms with Crippen LogP contribution in [0.2, 0.25) is 0 Å². The van der Waals surface area contributed by atoms with Gasteiger partial charge in [-0.3, -0.25) is 14.6 Å². The highest BCUT2D eigenvalue weighted by Crippen LogP contribution is 2.33. The highest BCUT2D eigenvalue weighted by molar-refractivity contribution is 7.21. The zero-order chi connectivity index (χ0) is 22.2. The second-order valence-corrected chi connectivity index (χ2v) is 9.22. The lowest BCUT2D eigenvalue weighted by molar-refractivity contribution is 0.108. The molecular weight excluding hydrogens is 426 g/mol. The Labute approximate surface area is 189 Å². The summed E-state index contributed by atoms with van der Waals surface area (Å²) in [6.45, 7) is 6.62. The molecule has 0 unspecified atom stereocenters. The van der Waals surface area contributed by atoms with Crippen LogP contribution in [0.25, 0.3) is 31.8 Å². The summed E-state index contributed by atoms with van der Waals surface area (Å²) >= 11 is 1.47. The number of aryl methyl sites for hydroxylation is 1. The lowest BCUT2D eigenvalue weighted by atomic mass is 10.0. The molecular formula is C24H25N3O4S. The van der Waals surface area contributed by atoms with Gasteiger partial charge in [0, 0.05) is 50.4 Å². The molecule has 3 heterocycles. The smallest absolute Gasteiger partial charge is 0.202 e. The molecule has 1 fully saturated rings. The maximum absolute atomic E-state index is 13.4. The Morgan fingerprint density at radius 2 is 1.91 bits per heavy atom. The number of hydrogen-bond donors (Lipinski definition) is 2. The third kappa shape index (κ3) is 3.80. The molecule has 1 aliphatic rings. The van der Waals surface area contributed by atoms with E-state index in [4.69, 9.17) is 9.52 Å². The number of phenols is 1. The Balaban J connectivity index is 1.51. The Bertz CT molecular complexity index is 1310. The van der Waals surface area contributed by atoms with Crippen LogP contribution in [-0.2, 0) is 6.54 Å². The van der Waals surface area contributed by atoms with Gasteiger partial charge in [-0.25, -0.2) is 4.98 Å². The normalized spacial score (nSPS) is 15.7. The van der Waals surface area contributed by atoms with Gasteiger partial charge in [-0.05, 0) is 25.1 Å². The summed E-state index contributed by atoms with van der Waals surface area (Å²) in [4.78, 5) is 22.5. The van der Waals surface area contributed by atoms with Crippen molar-refractivity contribution in [1.82, 2.24) is 14.8 Å². The molecule has 0 saturated carbocycles. The van der Waals surface area contributed by atoms with Crippen LogP contribution in [0.15, 0.2) is 45.8 Å². The maximum Gasteiger partial charge on any atom is 0.202 e. The van der Waals surface area contributed by atoms with Gasteiger partial charge >= 0.3 is 0 Å². The average molecular weight is 452 g/mol. The Morgan fingerprint density at radius 3 is 2.66 bits per heavy atom. The SMILES string of the molecule is Cc1c(O)c(CN2CCN(CCO)CC2)cc2c(=O)c(-c3nc4ccccc4s3)coc12. The number of benzene rings is 2. The minimum Gasteiger partial charge on any atom is -0.507 e. The number of fused-ring (bicyclic) bond motifs is 2. The van der Waals surface area contributed by atoms with Gasteiger partial charge in [0.2, 0.25) is 5.43 Å². The summed E-state index contributed by atoms with van der Waals surface area (Å²) in [5, 5.41) is 21.0. The van der Waals surface area contributed by atoms with Crippen LogP contribution in [0.5, 0.6) is 5.75 Å². The predicted octanol–water partition coefficient (Wildman–Crippen LogP) is 3.19. The van der Waals surface area contributed by atoms with Crippen LogP contribution in [0.1, 0.15) is 11.1 Å². The molecule has 8 heteroatoms. The van der Waals surface area contributed by atoms with E-state index in [9.17, 15) is 9.90 Å². The van der Waals surface area contributed by atoms with Crippen molar-refractivity contribution in [3.63, 3.8) is 0 Å². The third-order valence-corrected chi connectivity index (χ3v) is 7.22. The van der Waals surface area contributed by atoms with Gasteiger partial charge in [0.05, 0.1) is 27.8 Å². The molecule has 1 saturated heterocycles. The number of β-amino-alcohol motifs (C(OH)–C–C–N with tert-alkyl or cyclic N) is 1. The second kappa shape index (κ2) is 8.63. The Morgan fingerprint density at radius 1 is 1.16 bits per heavy atom. The first-order valence-electron chi connectivity index (χ1n) is 10.7. The molecule has 32 heavy (non-hydrogen) atoms. The molecule has 7 nitrogen and oxygen atoms in total. The largest absolute Gasteiger partial charge is 0.507 e. The van der Waals surface area contributed by atoms with Crippen LogP contribution in [0.3, 0.4) is 0 Å². The van der Waals surface area contributed by atoms with Crippen molar-refractivity contribution in [1.29, 1.82) is 0 Å². The first-order chi connectivity index (χ1) is 15.5. The number of aliphatic hydroxyl groups excluding tert-OH is 1. The van der Waals surface area contributed by atoms with Crippen molar-refractivity contribution in [3.05, 3.63) is 57.9 Å². The topological polar surface area (TPSA) is 90.0 Å². The summed E-state index contributed by atoms with van der Waals surface area (Å²) in [5.41, 5.74) is 2.86. The van der Waals surface area contributed by atoms with E-state index in [-0.39, 0.29) is 17.8 Å². The first kappa shape index (κ1) is 21.1. The van der Waals surface area contributed by atoms with E-state index in [2.05, 4.69) is 14.8 Å². The monoisotopic (exact) mass is 451 g/mol. The quantitative estimate of drug-likeness (QED) is 0.482. The minimum atomic E-state index is -0.137. The van der Waals surface area contributed by atoms with Crippen molar-refractivity contribution in [2.75, 3.05) is 39.3 Å². The molecule has 0 spiro atoms. The lowest BCUT2D eigenvalue weighted by Gasteiger charge is -2.34.